The highest BCUT2D eigenvalue weighted by atomic mass is 16.4. The zero-order valence-corrected chi connectivity index (χ0v) is 10.8. The molecule has 1 amide bonds. The second kappa shape index (κ2) is 6.00. The summed E-state index contributed by atoms with van der Waals surface area (Å²) in [4.78, 5) is 26.5. The van der Waals surface area contributed by atoms with E-state index in [9.17, 15) is 9.59 Å². The van der Waals surface area contributed by atoms with E-state index < -0.39 is 12.0 Å². The van der Waals surface area contributed by atoms with E-state index in [0.717, 1.165) is 19.5 Å². The zero-order chi connectivity index (χ0) is 13.0. The molecule has 1 aliphatic heterocycles. The van der Waals surface area contributed by atoms with E-state index >= 15 is 0 Å². The maximum atomic E-state index is 12.1. The van der Waals surface area contributed by atoms with E-state index in [1.165, 1.54) is 0 Å². The highest BCUT2D eigenvalue weighted by Gasteiger charge is 2.33. The third-order valence-electron chi connectivity index (χ3n) is 3.20. The quantitative estimate of drug-likeness (QED) is 0.769. The number of carbonyl (C=O) groups excluding carboxylic acids is 1. The van der Waals surface area contributed by atoms with Gasteiger partial charge in [-0.05, 0) is 19.4 Å². The van der Waals surface area contributed by atoms with Gasteiger partial charge in [0.15, 0.2) is 0 Å². The summed E-state index contributed by atoms with van der Waals surface area (Å²) >= 11 is 0. The van der Waals surface area contributed by atoms with Crippen LogP contribution in [0.2, 0.25) is 0 Å². The smallest absolute Gasteiger partial charge is 0.305 e. The standard InChI is InChI=1S/C12H22N2O3/c1-9(2)4-5-14-7-6-13(3)10(12(14)17)8-11(15)16/h9-10H,4-8H2,1-3H3,(H,15,16). The van der Waals surface area contributed by atoms with Crippen molar-refractivity contribution in [2.24, 2.45) is 5.92 Å². The molecule has 5 heteroatoms. The summed E-state index contributed by atoms with van der Waals surface area (Å²) in [6.07, 6.45) is 0.864. The van der Waals surface area contributed by atoms with Gasteiger partial charge < -0.3 is 10.0 Å². The lowest BCUT2D eigenvalue weighted by Crippen LogP contribution is -2.56. The summed E-state index contributed by atoms with van der Waals surface area (Å²) in [6, 6.07) is -0.492. The first-order chi connectivity index (χ1) is 7.91. The molecule has 1 N–H and O–H groups in total. The number of amides is 1. The SMILES string of the molecule is CC(C)CCN1CCN(C)C(CC(=O)O)C1=O. The molecule has 1 heterocycles. The number of likely N-dealkylation sites (N-methyl/N-ethyl adjacent to an activating group) is 1. The second-order valence-electron chi connectivity index (χ2n) is 5.10. The Morgan fingerprint density at radius 1 is 1.47 bits per heavy atom. The first-order valence-electron chi connectivity index (χ1n) is 6.12. The Bertz CT molecular complexity index is 291. The van der Waals surface area contributed by atoms with Gasteiger partial charge in [0.05, 0.1) is 12.5 Å². The molecular formula is C12H22N2O3. The number of carboxylic acids is 1. The van der Waals surface area contributed by atoms with Crippen LogP contribution in [0.3, 0.4) is 0 Å². The molecular weight excluding hydrogens is 220 g/mol. The van der Waals surface area contributed by atoms with Crippen molar-refractivity contribution in [1.82, 2.24) is 9.80 Å². The number of carboxylic acid groups (broad SMARTS) is 1. The van der Waals surface area contributed by atoms with Crippen LogP contribution >= 0.6 is 0 Å². The Labute approximate surface area is 102 Å². The largest absolute Gasteiger partial charge is 0.481 e. The molecule has 0 aromatic rings. The third kappa shape index (κ3) is 4.00. The molecule has 1 fully saturated rings. The second-order valence-corrected chi connectivity index (χ2v) is 5.10. The Morgan fingerprint density at radius 2 is 2.12 bits per heavy atom. The molecule has 17 heavy (non-hydrogen) atoms. The van der Waals surface area contributed by atoms with Crippen molar-refractivity contribution < 1.29 is 14.7 Å². The van der Waals surface area contributed by atoms with E-state index in [1.807, 2.05) is 11.9 Å². The van der Waals surface area contributed by atoms with E-state index in [4.69, 9.17) is 5.11 Å². The molecule has 0 spiro atoms. The highest BCUT2D eigenvalue weighted by Crippen LogP contribution is 2.14. The summed E-state index contributed by atoms with van der Waals surface area (Å²) in [5, 5.41) is 8.81. The normalized spacial score (nSPS) is 22.2. The summed E-state index contributed by atoms with van der Waals surface area (Å²) in [5.41, 5.74) is 0. The molecule has 0 radical (unpaired) electrons. The van der Waals surface area contributed by atoms with Crippen LogP contribution in [0.5, 0.6) is 0 Å². The molecule has 1 rings (SSSR count). The van der Waals surface area contributed by atoms with Crippen LogP contribution in [0.4, 0.5) is 0 Å². The average molecular weight is 242 g/mol. The topological polar surface area (TPSA) is 60.9 Å². The molecule has 0 aromatic heterocycles. The van der Waals surface area contributed by atoms with Crippen LogP contribution in [0.25, 0.3) is 0 Å². The van der Waals surface area contributed by atoms with Gasteiger partial charge in [0.25, 0.3) is 0 Å². The minimum absolute atomic E-state index is 0.0400. The minimum atomic E-state index is -0.916. The third-order valence-corrected chi connectivity index (χ3v) is 3.20. The Morgan fingerprint density at radius 3 is 2.65 bits per heavy atom. The van der Waals surface area contributed by atoms with Crippen molar-refractivity contribution in [2.75, 3.05) is 26.7 Å². The maximum Gasteiger partial charge on any atom is 0.305 e. The molecule has 5 nitrogen and oxygen atoms in total. The van der Waals surface area contributed by atoms with Gasteiger partial charge in [-0.3, -0.25) is 14.5 Å². The highest BCUT2D eigenvalue weighted by molar-refractivity contribution is 5.86. The number of hydrogen-bond acceptors (Lipinski definition) is 3. The minimum Gasteiger partial charge on any atom is -0.481 e. The van der Waals surface area contributed by atoms with E-state index in [-0.39, 0.29) is 12.3 Å². The van der Waals surface area contributed by atoms with Crippen molar-refractivity contribution >= 4 is 11.9 Å². The Kier molecular flexibility index (Phi) is 4.93. The van der Waals surface area contributed by atoms with Crippen LogP contribution in [-0.2, 0) is 9.59 Å². The fourth-order valence-corrected chi connectivity index (χ4v) is 1.99. The zero-order valence-electron chi connectivity index (χ0n) is 10.8. The predicted octanol–water partition coefficient (Wildman–Crippen LogP) is 0.650. The van der Waals surface area contributed by atoms with Gasteiger partial charge in [0.2, 0.25) is 5.91 Å². The van der Waals surface area contributed by atoms with E-state index in [0.29, 0.717) is 12.5 Å². The molecule has 0 aliphatic carbocycles. The van der Waals surface area contributed by atoms with Gasteiger partial charge in [-0.2, -0.15) is 0 Å². The van der Waals surface area contributed by atoms with Crippen LogP contribution < -0.4 is 0 Å². The van der Waals surface area contributed by atoms with Gasteiger partial charge in [-0.25, -0.2) is 0 Å². The van der Waals surface area contributed by atoms with Crippen LogP contribution in [0.1, 0.15) is 26.7 Å². The lowest BCUT2D eigenvalue weighted by molar-refractivity contribution is -0.148. The fourth-order valence-electron chi connectivity index (χ4n) is 1.99. The number of carbonyl (C=O) groups is 2. The summed E-state index contributed by atoms with van der Waals surface area (Å²) in [6.45, 7) is 6.44. The van der Waals surface area contributed by atoms with Gasteiger partial charge in [-0.15, -0.1) is 0 Å². The lowest BCUT2D eigenvalue weighted by atomic mass is 10.1. The van der Waals surface area contributed by atoms with Crippen molar-refractivity contribution in [3.63, 3.8) is 0 Å². The van der Waals surface area contributed by atoms with Gasteiger partial charge in [0, 0.05) is 19.6 Å². The Hall–Kier alpha value is -1.10. The molecule has 1 unspecified atom stereocenters. The van der Waals surface area contributed by atoms with Crippen LogP contribution in [-0.4, -0.2) is 59.5 Å². The number of rotatable bonds is 5. The van der Waals surface area contributed by atoms with E-state index in [1.54, 1.807) is 4.90 Å². The average Bonchev–Trinajstić information content (AvgIpc) is 2.22. The summed E-state index contributed by atoms with van der Waals surface area (Å²) in [7, 11) is 1.81. The molecule has 0 saturated carbocycles. The molecule has 0 bridgehead atoms. The van der Waals surface area contributed by atoms with Crippen molar-refractivity contribution in [2.45, 2.75) is 32.7 Å². The van der Waals surface area contributed by atoms with Crippen LogP contribution in [0.15, 0.2) is 0 Å². The lowest BCUT2D eigenvalue weighted by Gasteiger charge is -2.38. The van der Waals surface area contributed by atoms with Gasteiger partial charge in [0.1, 0.15) is 0 Å². The fraction of sp³-hybridized carbons (Fsp3) is 0.833. The molecule has 1 saturated heterocycles. The summed E-state index contributed by atoms with van der Waals surface area (Å²) in [5.74, 6) is -0.400. The van der Waals surface area contributed by atoms with Crippen molar-refractivity contribution in [1.29, 1.82) is 0 Å². The van der Waals surface area contributed by atoms with Crippen molar-refractivity contribution in [3.8, 4) is 0 Å². The van der Waals surface area contributed by atoms with E-state index in [2.05, 4.69) is 13.8 Å². The van der Waals surface area contributed by atoms with Gasteiger partial charge in [-0.1, -0.05) is 13.8 Å². The first-order valence-corrected chi connectivity index (χ1v) is 6.12. The molecule has 1 atom stereocenters. The molecule has 98 valence electrons. The molecule has 1 aliphatic rings. The number of aliphatic carboxylic acids is 1. The molecule has 0 aromatic carbocycles. The number of nitrogens with zero attached hydrogens (tertiary/aromatic N) is 2. The first kappa shape index (κ1) is 14.0. The van der Waals surface area contributed by atoms with Gasteiger partial charge >= 0.3 is 5.97 Å². The monoisotopic (exact) mass is 242 g/mol. The number of hydrogen-bond donors (Lipinski definition) is 1. The van der Waals surface area contributed by atoms with Crippen LogP contribution in [0, 0.1) is 5.92 Å². The maximum absolute atomic E-state index is 12.1. The summed E-state index contributed by atoms with van der Waals surface area (Å²) < 4.78 is 0. The number of piperazine rings is 1. The predicted molar refractivity (Wildman–Crippen MR) is 64.7 cm³/mol. The Balaban J connectivity index is 2.58. The van der Waals surface area contributed by atoms with Crippen molar-refractivity contribution in [3.05, 3.63) is 0 Å².